The van der Waals surface area contributed by atoms with Crippen molar-refractivity contribution >= 4 is 5.97 Å². The molecule has 318 valence electrons. The Kier molecular flexibility index (Phi) is 46.1. The van der Waals surface area contributed by atoms with Crippen molar-refractivity contribution in [2.24, 2.45) is 0 Å². The van der Waals surface area contributed by atoms with Crippen LogP contribution in [0.3, 0.4) is 0 Å². The number of rotatable bonds is 43. The van der Waals surface area contributed by atoms with Crippen molar-refractivity contribution in [3.8, 4) is 0 Å². The first-order valence-corrected chi connectivity index (χ1v) is 23.5. The van der Waals surface area contributed by atoms with Crippen molar-refractivity contribution < 1.29 is 19.4 Å². The summed E-state index contributed by atoms with van der Waals surface area (Å²) >= 11 is 0. The lowest BCUT2D eigenvalue weighted by atomic mass is 10.1. The summed E-state index contributed by atoms with van der Waals surface area (Å²) in [5, 5.41) is 9.63. The predicted octanol–water partition coefficient (Wildman–Crippen LogP) is 15.8. The van der Waals surface area contributed by atoms with Gasteiger partial charge in [-0.1, -0.05) is 196 Å². The van der Waals surface area contributed by atoms with Gasteiger partial charge in [0.15, 0.2) is 0 Å². The van der Waals surface area contributed by atoms with Gasteiger partial charge < -0.3 is 14.6 Å². The molecule has 0 spiro atoms. The van der Waals surface area contributed by atoms with Crippen LogP contribution in [0.1, 0.15) is 219 Å². The van der Waals surface area contributed by atoms with Crippen molar-refractivity contribution in [1.82, 2.24) is 0 Å². The van der Waals surface area contributed by atoms with Crippen LogP contribution in [0.4, 0.5) is 0 Å². The molecule has 0 aliphatic rings. The zero-order chi connectivity index (χ0) is 39.8. The molecule has 4 nitrogen and oxygen atoms in total. The first-order chi connectivity index (χ1) is 27.2. The summed E-state index contributed by atoms with van der Waals surface area (Å²) in [6, 6.07) is 0. The van der Waals surface area contributed by atoms with Crippen molar-refractivity contribution in [2.45, 2.75) is 225 Å². The van der Waals surface area contributed by atoms with E-state index in [0.717, 1.165) is 57.8 Å². The summed E-state index contributed by atoms with van der Waals surface area (Å²) in [5.74, 6) is -0.216. The standard InChI is InChI=1S/C51H90O4/c1-3-5-7-9-11-13-15-17-19-21-23-24-25-26-27-29-31-33-35-37-39-41-43-45-47-54-49-50(48-52)55-51(53)46-44-42-40-38-36-34-32-30-28-22-20-18-16-14-12-10-8-6-4-2/h12,14-15,17-18,20-21,23,25-26,28,30,50,52H,3-11,13,16,19,22,24,27,29,31-49H2,1-2H3/b14-12-,17-15-,20-18-,23-21-,26-25-,30-28-. The second kappa shape index (κ2) is 48.0. The number of aliphatic hydroxyl groups is 1. The molecule has 1 atom stereocenters. The molecule has 4 heteroatoms. The fourth-order valence-electron chi connectivity index (χ4n) is 6.46. The third-order valence-electron chi connectivity index (χ3n) is 10.0. The highest BCUT2D eigenvalue weighted by molar-refractivity contribution is 5.69. The van der Waals surface area contributed by atoms with Gasteiger partial charge in [-0.3, -0.25) is 4.79 Å². The van der Waals surface area contributed by atoms with Crippen LogP contribution >= 0.6 is 0 Å². The van der Waals surface area contributed by atoms with Crippen molar-refractivity contribution in [1.29, 1.82) is 0 Å². The largest absolute Gasteiger partial charge is 0.457 e. The normalized spacial score (nSPS) is 13.0. The van der Waals surface area contributed by atoms with Crippen molar-refractivity contribution in [2.75, 3.05) is 19.8 Å². The molecule has 0 aromatic rings. The zero-order valence-corrected chi connectivity index (χ0v) is 36.4. The van der Waals surface area contributed by atoms with Crippen LogP contribution in [0.5, 0.6) is 0 Å². The Labute approximate surface area is 342 Å². The van der Waals surface area contributed by atoms with E-state index in [1.807, 2.05) is 0 Å². The van der Waals surface area contributed by atoms with Gasteiger partial charge in [0.05, 0.1) is 13.2 Å². The molecule has 0 aliphatic carbocycles. The Bertz CT molecular complexity index is 942. The molecular formula is C51H90O4. The molecule has 0 rings (SSSR count). The highest BCUT2D eigenvalue weighted by Gasteiger charge is 2.13. The minimum absolute atomic E-state index is 0.182. The third-order valence-corrected chi connectivity index (χ3v) is 10.0. The van der Waals surface area contributed by atoms with E-state index in [1.165, 1.54) is 141 Å². The number of esters is 1. The summed E-state index contributed by atoms with van der Waals surface area (Å²) in [6.07, 6.45) is 65.4. The van der Waals surface area contributed by atoms with Crippen LogP contribution in [0.15, 0.2) is 72.9 Å². The van der Waals surface area contributed by atoms with Gasteiger partial charge >= 0.3 is 5.97 Å². The van der Waals surface area contributed by atoms with Gasteiger partial charge in [0.25, 0.3) is 0 Å². The second-order valence-corrected chi connectivity index (χ2v) is 15.5. The van der Waals surface area contributed by atoms with Gasteiger partial charge in [0.1, 0.15) is 6.10 Å². The summed E-state index contributed by atoms with van der Waals surface area (Å²) in [6.45, 7) is 5.29. The molecule has 1 unspecified atom stereocenters. The molecule has 0 saturated heterocycles. The molecule has 0 aliphatic heterocycles. The van der Waals surface area contributed by atoms with E-state index < -0.39 is 6.10 Å². The molecule has 0 saturated carbocycles. The Morgan fingerprint density at radius 3 is 1.18 bits per heavy atom. The van der Waals surface area contributed by atoms with Gasteiger partial charge in [0, 0.05) is 13.0 Å². The number of hydrogen-bond acceptors (Lipinski definition) is 4. The van der Waals surface area contributed by atoms with Crippen LogP contribution < -0.4 is 0 Å². The Balaban J connectivity index is 3.48. The van der Waals surface area contributed by atoms with Crippen LogP contribution in [0.2, 0.25) is 0 Å². The van der Waals surface area contributed by atoms with Crippen LogP contribution in [0, 0.1) is 0 Å². The summed E-state index contributed by atoms with van der Waals surface area (Å²) in [5.41, 5.74) is 0. The quantitative estimate of drug-likeness (QED) is 0.0381. The minimum atomic E-state index is -0.549. The molecule has 1 N–H and O–H groups in total. The maximum atomic E-state index is 12.2. The highest BCUT2D eigenvalue weighted by atomic mass is 16.6. The molecule has 0 fully saturated rings. The van der Waals surface area contributed by atoms with Gasteiger partial charge in [-0.05, 0) is 89.9 Å². The van der Waals surface area contributed by atoms with Gasteiger partial charge in [-0.15, -0.1) is 0 Å². The smallest absolute Gasteiger partial charge is 0.306 e. The summed E-state index contributed by atoms with van der Waals surface area (Å²) < 4.78 is 11.2. The average molecular weight is 767 g/mol. The fourth-order valence-corrected chi connectivity index (χ4v) is 6.46. The molecule has 0 heterocycles. The van der Waals surface area contributed by atoms with E-state index in [1.54, 1.807) is 0 Å². The SMILES string of the molecule is CCCCC/C=C\C/C=C\C/C=C\CCCCCCCCC(=O)OC(CO)COCCCCCCCCCCC/C=C\C/C=C\C/C=C\CCCCCCC. The molecule has 0 aromatic heterocycles. The lowest BCUT2D eigenvalue weighted by Gasteiger charge is -2.15. The lowest BCUT2D eigenvalue weighted by Crippen LogP contribution is -2.27. The number of unbranched alkanes of at least 4 members (excludes halogenated alkanes) is 23. The molecule has 0 aromatic carbocycles. The highest BCUT2D eigenvalue weighted by Crippen LogP contribution is 2.13. The number of carbonyl (C=O) groups is 1. The van der Waals surface area contributed by atoms with Gasteiger partial charge in [-0.2, -0.15) is 0 Å². The van der Waals surface area contributed by atoms with E-state index in [9.17, 15) is 9.90 Å². The average Bonchev–Trinajstić information content (AvgIpc) is 3.19. The molecule has 55 heavy (non-hydrogen) atoms. The van der Waals surface area contributed by atoms with Gasteiger partial charge in [-0.25, -0.2) is 0 Å². The fraction of sp³-hybridized carbons (Fsp3) is 0.745. The topological polar surface area (TPSA) is 55.8 Å². The monoisotopic (exact) mass is 767 g/mol. The van der Waals surface area contributed by atoms with Crippen LogP contribution in [-0.4, -0.2) is 37.0 Å². The maximum absolute atomic E-state index is 12.2. The van der Waals surface area contributed by atoms with E-state index in [4.69, 9.17) is 9.47 Å². The molecular weight excluding hydrogens is 677 g/mol. The van der Waals surface area contributed by atoms with E-state index in [0.29, 0.717) is 13.0 Å². The minimum Gasteiger partial charge on any atom is -0.457 e. The maximum Gasteiger partial charge on any atom is 0.306 e. The van der Waals surface area contributed by atoms with Crippen molar-refractivity contribution in [3.05, 3.63) is 72.9 Å². The Morgan fingerprint density at radius 1 is 0.436 bits per heavy atom. The molecule has 0 radical (unpaired) electrons. The van der Waals surface area contributed by atoms with E-state index in [-0.39, 0.29) is 19.2 Å². The number of ether oxygens (including phenoxy) is 2. The van der Waals surface area contributed by atoms with E-state index in [2.05, 4.69) is 86.8 Å². The number of carbonyl (C=O) groups excluding carboxylic acids is 1. The first kappa shape index (κ1) is 52.8. The van der Waals surface area contributed by atoms with Crippen LogP contribution in [0.25, 0.3) is 0 Å². The zero-order valence-electron chi connectivity index (χ0n) is 36.4. The Hall–Kier alpha value is -2.17. The van der Waals surface area contributed by atoms with Gasteiger partial charge in [0.2, 0.25) is 0 Å². The first-order valence-electron chi connectivity index (χ1n) is 23.5. The number of aliphatic hydroxyl groups excluding tert-OH is 1. The summed E-state index contributed by atoms with van der Waals surface area (Å²) in [7, 11) is 0. The lowest BCUT2D eigenvalue weighted by molar-refractivity contribution is -0.154. The van der Waals surface area contributed by atoms with E-state index >= 15 is 0 Å². The Morgan fingerprint density at radius 2 is 0.764 bits per heavy atom. The van der Waals surface area contributed by atoms with Crippen LogP contribution in [-0.2, 0) is 14.3 Å². The summed E-state index contributed by atoms with van der Waals surface area (Å²) in [4.78, 5) is 12.2. The number of hydrogen-bond donors (Lipinski definition) is 1. The predicted molar refractivity (Wildman–Crippen MR) is 242 cm³/mol. The second-order valence-electron chi connectivity index (χ2n) is 15.5. The molecule has 0 amide bonds. The number of allylic oxidation sites excluding steroid dienone is 12. The molecule has 0 bridgehead atoms. The third kappa shape index (κ3) is 46.1. The van der Waals surface area contributed by atoms with Crippen molar-refractivity contribution in [3.63, 3.8) is 0 Å².